The zero-order valence-electron chi connectivity index (χ0n) is 16.8. The van der Waals surface area contributed by atoms with Crippen LogP contribution in [0.2, 0.25) is 5.02 Å². The van der Waals surface area contributed by atoms with Gasteiger partial charge in [0.05, 0.1) is 22.9 Å². The van der Waals surface area contributed by atoms with Crippen molar-refractivity contribution in [2.45, 2.75) is 24.6 Å². The summed E-state index contributed by atoms with van der Waals surface area (Å²) >= 11 is 6.11. The summed E-state index contributed by atoms with van der Waals surface area (Å²) < 4.78 is 65.9. The number of pyridine rings is 2. The fourth-order valence-electron chi connectivity index (χ4n) is 3.06. The first kappa shape index (κ1) is 24.8. The molecule has 3 rings (SSSR count). The van der Waals surface area contributed by atoms with Gasteiger partial charge < -0.3 is 15.1 Å². The number of hydrogen-bond donors (Lipinski definition) is 3. The molecule has 0 saturated carbocycles. The number of carbonyl (C=O) groups excluding carboxylic acids is 1. The second-order valence-electron chi connectivity index (χ2n) is 7.16. The Labute approximate surface area is 189 Å². The zero-order valence-corrected chi connectivity index (χ0v) is 17.5. The normalized spacial score (nSPS) is 15.8. The molecule has 1 atom stereocenters. The molecule has 13 heteroatoms. The second-order valence-corrected chi connectivity index (χ2v) is 7.57. The molecular weight excluding hydrogens is 475 g/mol. The minimum Gasteiger partial charge on any atom is -0.393 e. The maximum absolute atomic E-state index is 14.1. The molecule has 7 nitrogen and oxygen atoms in total. The second kappa shape index (κ2) is 9.57. The Balaban J connectivity index is 1.66. The first-order valence-electron chi connectivity index (χ1n) is 9.54. The molecule has 0 radical (unpaired) electrons. The van der Waals surface area contributed by atoms with Crippen LogP contribution in [0.25, 0.3) is 5.57 Å². The van der Waals surface area contributed by atoms with Gasteiger partial charge in [-0.15, -0.1) is 0 Å². The van der Waals surface area contributed by atoms with Crippen molar-refractivity contribution in [3.63, 3.8) is 0 Å². The molecule has 0 aliphatic carbocycles. The van der Waals surface area contributed by atoms with Gasteiger partial charge in [0.1, 0.15) is 11.9 Å². The standard InChI is InChI=1S/C20H18ClF5N4O3/c21-14-7-13(19(22,23)15(32)10-31)9-28-17(14)11-3-5-30(6-4-11)18(33)29-16-2-1-12(8-27-16)20(24,25)26/h1-3,7-9,15,31-32H,4-6,10H2,(H,27,29,33)/t15-/m0/s1. The Bertz CT molecular complexity index is 1050. The maximum Gasteiger partial charge on any atom is 0.417 e. The summed E-state index contributed by atoms with van der Waals surface area (Å²) in [7, 11) is 0. The number of urea groups is 1. The molecule has 0 spiro atoms. The molecule has 178 valence electrons. The molecule has 0 unspecified atom stereocenters. The van der Waals surface area contributed by atoms with E-state index in [2.05, 4.69) is 15.3 Å². The third-order valence-electron chi connectivity index (χ3n) is 4.94. The summed E-state index contributed by atoms with van der Waals surface area (Å²) in [5.74, 6) is -3.79. The van der Waals surface area contributed by atoms with Crippen molar-refractivity contribution in [2.24, 2.45) is 0 Å². The van der Waals surface area contributed by atoms with E-state index in [-0.39, 0.29) is 36.0 Å². The molecule has 0 aromatic carbocycles. The van der Waals surface area contributed by atoms with Crippen molar-refractivity contribution in [2.75, 3.05) is 25.0 Å². The van der Waals surface area contributed by atoms with Crippen LogP contribution >= 0.6 is 11.6 Å². The number of aliphatic hydroxyl groups excluding tert-OH is 2. The number of nitrogens with zero attached hydrogens (tertiary/aromatic N) is 3. The minimum absolute atomic E-state index is 0.0472. The van der Waals surface area contributed by atoms with Gasteiger partial charge in [0.25, 0.3) is 0 Å². The lowest BCUT2D eigenvalue weighted by molar-refractivity contribution is -0.137. The van der Waals surface area contributed by atoms with Gasteiger partial charge in [-0.2, -0.15) is 22.0 Å². The smallest absolute Gasteiger partial charge is 0.393 e. The predicted molar refractivity (Wildman–Crippen MR) is 109 cm³/mol. The lowest BCUT2D eigenvalue weighted by atomic mass is 10.0. The van der Waals surface area contributed by atoms with Gasteiger partial charge in [0.2, 0.25) is 0 Å². The molecule has 0 fully saturated rings. The molecule has 2 aromatic rings. The SMILES string of the molecule is O=C(Nc1ccc(C(F)(F)F)cn1)N1CC=C(c2ncc(C(F)(F)[C@@H](O)CO)cc2Cl)CC1. The summed E-state index contributed by atoms with van der Waals surface area (Å²) in [6.45, 7) is -0.824. The van der Waals surface area contributed by atoms with E-state index in [9.17, 15) is 31.9 Å². The highest BCUT2D eigenvalue weighted by atomic mass is 35.5. The van der Waals surface area contributed by atoms with Gasteiger partial charge in [-0.1, -0.05) is 17.7 Å². The largest absolute Gasteiger partial charge is 0.417 e. The first-order valence-corrected chi connectivity index (χ1v) is 9.92. The van der Waals surface area contributed by atoms with E-state index >= 15 is 0 Å². The van der Waals surface area contributed by atoms with Gasteiger partial charge in [0, 0.05) is 31.0 Å². The summed E-state index contributed by atoms with van der Waals surface area (Å²) in [5, 5.41) is 20.4. The van der Waals surface area contributed by atoms with Gasteiger partial charge in [-0.05, 0) is 30.2 Å². The van der Waals surface area contributed by atoms with Crippen LogP contribution in [0.5, 0.6) is 0 Å². The number of halogens is 6. The van der Waals surface area contributed by atoms with Crippen LogP contribution in [0, 0.1) is 0 Å². The van der Waals surface area contributed by atoms with Gasteiger partial charge in [-0.25, -0.2) is 9.78 Å². The topological polar surface area (TPSA) is 98.6 Å². The Morgan fingerprint density at radius 1 is 1.18 bits per heavy atom. The van der Waals surface area contributed by atoms with E-state index < -0.39 is 42.0 Å². The molecule has 1 aliphatic rings. The first-order chi connectivity index (χ1) is 15.4. The number of alkyl halides is 5. The maximum atomic E-state index is 14.1. The number of hydrogen-bond acceptors (Lipinski definition) is 5. The quantitative estimate of drug-likeness (QED) is 0.550. The molecule has 2 amide bonds. The lowest BCUT2D eigenvalue weighted by Crippen LogP contribution is -2.38. The monoisotopic (exact) mass is 492 g/mol. The van der Waals surface area contributed by atoms with E-state index in [1.807, 2.05) is 0 Å². The Hall–Kier alpha value is -2.83. The summed E-state index contributed by atoms with van der Waals surface area (Å²) in [5.41, 5.74) is -0.752. The van der Waals surface area contributed by atoms with Crippen molar-refractivity contribution in [1.82, 2.24) is 14.9 Å². The highest BCUT2D eigenvalue weighted by Gasteiger charge is 2.41. The Morgan fingerprint density at radius 2 is 1.88 bits per heavy atom. The van der Waals surface area contributed by atoms with Crippen LogP contribution in [-0.4, -0.2) is 56.9 Å². The zero-order chi connectivity index (χ0) is 24.4. The summed E-state index contributed by atoms with van der Waals surface area (Å²) in [6.07, 6.45) is -3.46. The van der Waals surface area contributed by atoms with E-state index in [0.29, 0.717) is 11.8 Å². The molecule has 0 bridgehead atoms. The van der Waals surface area contributed by atoms with Crippen LogP contribution in [-0.2, 0) is 12.1 Å². The molecule has 33 heavy (non-hydrogen) atoms. The van der Waals surface area contributed by atoms with E-state index in [4.69, 9.17) is 16.7 Å². The summed E-state index contributed by atoms with van der Waals surface area (Å²) in [6, 6.07) is 2.22. The summed E-state index contributed by atoms with van der Waals surface area (Å²) in [4.78, 5) is 21.3. The van der Waals surface area contributed by atoms with Gasteiger partial charge in [-0.3, -0.25) is 10.3 Å². The number of carbonyl (C=O) groups is 1. The highest BCUT2D eigenvalue weighted by Crippen LogP contribution is 2.35. The molecule has 3 heterocycles. The molecular formula is C20H18ClF5N4O3. The van der Waals surface area contributed by atoms with Crippen molar-refractivity contribution >= 4 is 29.0 Å². The molecule has 3 N–H and O–H groups in total. The number of aliphatic hydroxyl groups is 2. The van der Waals surface area contributed by atoms with Gasteiger partial charge in [0.15, 0.2) is 0 Å². The molecule has 1 aliphatic heterocycles. The van der Waals surface area contributed by atoms with Crippen LogP contribution in [0.3, 0.4) is 0 Å². The average molecular weight is 493 g/mol. The third kappa shape index (κ3) is 5.57. The van der Waals surface area contributed by atoms with E-state index in [1.54, 1.807) is 6.08 Å². The average Bonchev–Trinajstić information content (AvgIpc) is 2.78. The third-order valence-corrected chi connectivity index (χ3v) is 5.23. The van der Waals surface area contributed by atoms with Crippen LogP contribution < -0.4 is 5.32 Å². The highest BCUT2D eigenvalue weighted by molar-refractivity contribution is 6.32. The van der Waals surface area contributed by atoms with Crippen LogP contribution in [0.4, 0.5) is 32.6 Å². The van der Waals surface area contributed by atoms with Crippen LogP contribution in [0.15, 0.2) is 36.7 Å². The number of amides is 2. The molecule has 0 saturated heterocycles. The number of aromatic nitrogens is 2. The van der Waals surface area contributed by atoms with Crippen molar-refractivity contribution in [3.8, 4) is 0 Å². The van der Waals surface area contributed by atoms with E-state index in [0.717, 1.165) is 24.4 Å². The fourth-order valence-corrected chi connectivity index (χ4v) is 3.34. The van der Waals surface area contributed by atoms with Crippen molar-refractivity contribution < 1.29 is 37.0 Å². The van der Waals surface area contributed by atoms with Gasteiger partial charge >= 0.3 is 18.1 Å². The van der Waals surface area contributed by atoms with Crippen LogP contribution in [0.1, 0.15) is 23.2 Å². The Kier molecular flexibility index (Phi) is 7.20. The number of anilines is 1. The predicted octanol–water partition coefficient (Wildman–Crippen LogP) is 3.92. The van der Waals surface area contributed by atoms with Crippen molar-refractivity contribution in [1.29, 1.82) is 0 Å². The van der Waals surface area contributed by atoms with E-state index in [1.165, 1.54) is 4.90 Å². The van der Waals surface area contributed by atoms with Crippen molar-refractivity contribution in [3.05, 3.63) is 58.5 Å². The number of nitrogens with one attached hydrogen (secondary N) is 1. The molecule has 2 aromatic heterocycles. The Morgan fingerprint density at radius 3 is 2.39 bits per heavy atom. The number of rotatable bonds is 5. The minimum atomic E-state index is -4.54. The lowest BCUT2D eigenvalue weighted by Gasteiger charge is -2.27. The fraction of sp³-hybridized carbons (Fsp3) is 0.350.